The average Bonchev–Trinajstić information content (AvgIpc) is 3.47. The Morgan fingerprint density at radius 3 is 2.36 bits per heavy atom. The van der Waals surface area contributed by atoms with Crippen LogP contribution in [0.4, 0.5) is 0 Å². The van der Waals surface area contributed by atoms with Crippen molar-refractivity contribution in [3.8, 4) is 10.4 Å². The molecule has 0 saturated carbocycles. The molecule has 1 aromatic carbocycles. The second-order valence-corrected chi connectivity index (χ2v) is 9.81. The maximum absolute atomic E-state index is 12.4. The summed E-state index contributed by atoms with van der Waals surface area (Å²) in [6.45, 7) is 2.05. The number of hydrogen-bond acceptors (Lipinski definition) is 4. The van der Waals surface area contributed by atoms with Gasteiger partial charge in [-0.3, -0.25) is 9.36 Å². The van der Waals surface area contributed by atoms with Gasteiger partial charge < -0.3 is 4.57 Å². The van der Waals surface area contributed by atoms with Crippen LogP contribution in [0, 0.1) is 6.92 Å². The molecule has 0 spiro atoms. The predicted molar refractivity (Wildman–Crippen MR) is 137 cm³/mol. The molecule has 1 unspecified atom stereocenters. The van der Waals surface area contributed by atoms with E-state index in [0.717, 1.165) is 27.0 Å². The molecule has 4 heterocycles. The van der Waals surface area contributed by atoms with E-state index < -0.39 is 0 Å². The van der Waals surface area contributed by atoms with Crippen molar-refractivity contribution in [3.05, 3.63) is 105 Å². The second kappa shape index (κ2) is 9.91. The van der Waals surface area contributed by atoms with Crippen molar-refractivity contribution >= 4 is 45.6 Å². The van der Waals surface area contributed by atoms with Crippen LogP contribution in [0.5, 0.6) is 0 Å². The number of alkyl halides is 1. The molecule has 5 aromatic rings. The fourth-order valence-corrected chi connectivity index (χ4v) is 4.70. The van der Waals surface area contributed by atoms with Crippen LogP contribution in [0.15, 0.2) is 78.2 Å². The number of halogens is 2. The molecule has 0 N–H and O–H groups in total. The Labute approximate surface area is 205 Å². The lowest BCUT2D eigenvalue weighted by molar-refractivity contribution is 0.886. The number of nitrogens with zero attached hydrogens (tertiary/aromatic N) is 4. The van der Waals surface area contributed by atoms with Gasteiger partial charge in [-0.05, 0) is 48.4 Å². The van der Waals surface area contributed by atoms with Crippen LogP contribution in [0.25, 0.3) is 21.5 Å². The first-order valence-corrected chi connectivity index (χ1v) is 11.8. The summed E-state index contributed by atoms with van der Waals surface area (Å²) in [6.07, 6.45) is 7.12. The first kappa shape index (κ1) is 23.2. The largest absolute Gasteiger partial charge is 0.341 e. The van der Waals surface area contributed by atoms with E-state index in [1.165, 1.54) is 4.88 Å². The van der Waals surface area contributed by atoms with Crippen LogP contribution in [0.3, 0.4) is 0 Å². The number of fused-ring (bicyclic) bond motifs is 1. The molecule has 0 radical (unpaired) electrons. The monoisotopic (exact) mass is 496 g/mol. The molecule has 0 aliphatic rings. The van der Waals surface area contributed by atoms with Crippen molar-refractivity contribution in [1.29, 1.82) is 0 Å². The maximum atomic E-state index is 12.4. The van der Waals surface area contributed by atoms with Gasteiger partial charge in [-0.1, -0.05) is 23.7 Å². The fourth-order valence-electron chi connectivity index (χ4n) is 3.41. The highest BCUT2D eigenvalue weighted by Crippen LogP contribution is 2.35. The highest BCUT2D eigenvalue weighted by molar-refractivity contribution is 7.15. The van der Waals surface area contributed by atoms with Gasteiger partial charge in [0.05, 0.1) is 11.7 Å². The predicted octanol–water partition coefficient (Wildman–Crippen LogP) is 6.37. The molecule has 8 heteroatoms. The fraction of sp³-hybridized carbons (Fsp3) is 0.160. The molecule has 33 heavy (non-hydrogen) atoms. The lowest BCUT2D eigenvalue weighted by atomic mass is 10.0. The zero-order chi connectivity index (χ0) is 23.5. The molecule has 168 valence electrons. The van der Waals surface area contributed by atoms with E-state index in [9.17, 15) is 4.79 Å². The molecule has 0 aliphatic carbocycles. The second-order valence-electron chi connectivity index (χ2n) is 7.65. The summed E-state index contributed by atoms with van der Waals surface area (Å²) in [5.41, 5.74) is 3.27. The Morgan fingerprint density at radius 1 is 1.03 bits per heavy atom. The van der Waals surface area contributed by atoms with Gasteiger partial charge in [0.15, 0.2) is 0 Å². The van der Waals surface area contributed by atoms with Crippen LogP contribution in [0.2, 0.25) is 5.02 Å². The number of hydrogen-bond donors (Lipinski definition) is 0. The first-order valence-electron chi connectivity index (χ1n) is 10.2. The minimum absolute atomic E-state index is 0.0797. The number of rotatable bonds is 3. The Kier molecular flexibility index (Phi) is 6.98. The highest BCUT2D eigenvalue weighted by atomic mass is 35.5. The Balaban J connectivity index is 0.000000376. The summed E-state index contributed by atoms with van der Waals surface area (Å²) in [5.74, 6) is 0. The molecule has 0 bridgehead atoms. The number of aromatic nitrogens is 4. The Morgan fingerprint density at radius 2 is 1.79 bits per heavy atom. The minimum atomic E-state index is -0.352. The third-order valence-corrected chi connectivity index (χ3v) is 6.98. The number of thiophene rings is 1. The number of aryl methyl sites for hydroxylation is 3. The summed E-state index contributed by atoms with van der Waals surface area (Å²) in [4.78, 5) is 23.0. The highest BCUT2D eigenvalue weighted by Gasteiger charge is 2.16. The summed E-state index contributed by atoms with van der Waals surface area (Å²) >= 11 is 14.3. The van der Waals surface area contributed by atoms with Crippen LogP contribution < -0.4 is 5.56 Å². The van der Waals surface area contributed by atoms with Crippen molar-refractivity contribution in [2.45, 2.75) is 12.3 Å². The standard InChI is InChI=1S/C21H16Cl2N2OS.C4H6N2/c1-12-3-8-18(27-12)16-10-19(26)25(2)21-17(16)9-14(11-24-21)20(23)13-4-6-15(22)7-5-13;1-6-3-2-5-4-6/h3-11,20H,1-2H3;2-4H,1H3. The van der Waals surface area contributed by atoms with Gasteiger partial charge in [0.2, 0.25) is 0 Å². The third kappa shape index (κ3) is 5.19. The van der Waals surface area contributed by atoms with E-state index in [1.807, 2.05) is 54.2 Å². The SMILES string of the molecule is Cc1ccc(-c2cc(=O)n(C)c3ncc(C(Cl)c4ccc(Cl)cc4)cc23)s1.Cn1ccnc1. The topological polar surface area (TPSA) is 52.7 Å². The smallest absolute Gasteiger partial charge is 0.252 e. The molecule has 1 atom stereocenters. The van der Waals surface area contributed by atoms with Gasteiger partial charge in [0.25, 0.3) is 5.56 Å². The van der Waals surface area contributed by atoms with Gasteiger partial charge in [-0.2, -0.15) is 0 Å². The van der Waals surface area contributed by atoms with Gasteiger partial charge in [0.1, 0.15) is 5.65 Å². The summed E-state index contributed by atoms with van der Waals surface area (Å²) < 4.78 is 3.45. The molecule has 0 amide bonds. The third-order valence-electron chi connectivity index (χ3n) is 5.19. The Hall–Kier alpha value is -2.93. The van der Waals surface area contributed by atoms with Crippen molar-refractivity contribution in [2.24, 2.45) is 14.1 Å². The minimum Gasteiger partial charge on any atom is -0.341 e. The van der Waals surface area contributed by atoms with Crippen molar-refractivity contribution in [2.75, 3.05) is 0 Å². The Bertz CT molecular complexity index is 1440. The molecular formula is C25H22Cl2N4OS. The molecule has 0 fully saturated rings. The number of pyridine rings is 2. The van der Waals surface area contributed by atoms with Gasteiger partial charge in [-0.25, -0.2) is 9.97 Å². The van der Waals surface area contributed by atoms with Crippen molar-refractivity contribution in [3.63, 3.8) is 0 Å². The zero-order valence-electron chi connectivity index (χ0n) is 18.4. The van der Waals surface area contributed by atoms with Crippen LogP contribution in [-0.2, 0) is 14.1 Å². The summed E-state index contributed by atoms with van der Waals surface area (Å²) in [6, 6.07) is 15.3. The van der Waals surface area contributed by atoms with E-state index in [0.29, 0.717) is 10.7 Å². The first-order chi connectivity index (χ1) is 15.8. The van der Waals surface area contributed by atoms with E-state index in [2.05, 4.69) is 23.0 Å². The van der Waals surface area contributed by atoms with Crippen LogP contribution in [-0.4, -0.2) is 19.1 Å². The lowest BCUT2D eigenvalue weighted by Gasteiger charge is -2.14. The molecule has 4 aromatic heterocycles. The molecule has 5 rings (SSSR count). The van der Waals surface area contributed by atoms with Crippen molar-refractivity contribution in [1.82, 2.24) is 19.1 Å². The molecule has 5 nitrogen and oxygen atoms in total. The maximum Gasteiger partial charge on any atom is 0.252 e. The molecule has 0 saturated heterocycles. The van der Waals surface area contributed by atoms with E-state index in [-0.39, 0.29) is 10.9 Å². The lowest BCUT2D eigenvalue weighted by Crippen LogP contribution is -2.17. The van der Waals surface area contributed by atoms with Crippen LogP contribution >= 0.6 is 34.5 Å². The van der Waals surface area contributed by atoms with Gasteiger partial charge >= 0.3 is 0 Å². The zero-order valence-corrected chi connectivity index (χ0v) is 20.7. The molecular weight excluding hydrogens is 475 g/mol. The number of imidazole rings is 1. The molecule has 0 aliphatic heterocycles. The average molecular weight is 497 g/mol. The summed E-state index contributed by atoms with van der Waals surface area (Å²) in [5, 5.41) is 1.23. The quantitative estimate of drug-likeness (QED) is 0.272. The summed E-state index contributed by atoms with van der Waals surface area (Å²) in [7, 11) is 3.67. The van der Waals surface area contributed by atoms with E-state index in [4.69, 9.17) is 23.2 Å². The van der Waals surface area contributed by atoms with Gasteiger partial charge in [0, 0.05) is 64.5 Å². The number of benzene rings is 1. The van der Waals surface area contributed by atoms with E-state index >= 15 is 0 Å². The normalized spacial score (nSPS) is 11.8. The van der Waals surface area contributed by atoms with Gasteiger partial charge in [-0.15, -0.1) is 22.9 Å². The van der Waals surface area contributed by atoms with Crippen molar-refractivity contribution < 1.29 is 0 Å². The van der Waals surface area contributed by atoms with Crippen LogP contribution in [0.1, 0.15) is 21.4 Å². The van der Waals surface area contributed by atoms with E-state index in [1.54, 1.807) is 47.7 Å².